The Labute approximate surface area is 171 Å². The summed E-state index contributed by atoms with van der Waals surface area (Å²) in [6, 6.07) is 3.43. The second-order valence-corrected chi connectivity index (χ2v) is 8.19. The SMILES string of the molecule is Cc1c([C@@H](O)CN2CCC(F)(C(=O)Nc3cnsc3)CC2)ccc2c1COC2=O. The standard InChI is InChI=1S/C20H22FN3O4S/c1-12-14(2-3-15-16(12)10-28-18(15)26)17(25)9-24-6-4-20(21,5-7-24)19(27)23-13-8-22-29-11-13/h2-3,8,11,17,25H,4-7,9-10H2,1H3,(H,23,27)/t17-/m0/s1. The van der Waals surface area contributed by atoms with E-state index in [-0.39, 0.29) is 25.4 Å². The van der Waals surface area contributed by atoms with Crippen LogP contribution in [0, 0.1) is 6.92 Å². The van der Waals surface area contributed by atoms with E-state index < -0.39 is 17.7 Å². The Kier molecular flexibility index (Phi) is 5.37. The summed E-state index contributed by atoms with van der Waals surface area (Å²) in [6.07, 6.45) is 0.854. The number of carbonyl (C=O) groups is 2. The Hall–Kier alpha value is -2.36. The number of benzene rings is 1. The molecule has 1 amide bonds. The van der Waals surface area contributed by atoms with E-state index in [9.17, 15) is 14.7 Å². The van der Waals surface area contributed by atoms with Gasteiger partial charge in [0.2, 0.25) is 0 Å². The zero-order valence-electron chi connectivity index (χ0n) is 16.0. The van der Waals surface area contributed by atoms with E-state index in [1.165, 1.54) is 17.7 Å². The summed E-state index contributed by atoms with van der Waals surface area (Å²) in [7, 11) is 0. The molecule has 1 saturated heterocycles. The molecule has 9 heteroatoms. The molecule has 29 heavy (non-hydrogen) atoms. The number of piperidine rings is 1. The number of nitrogens with one attached hydrogen (secondary N) is 1. The lowest BCUT2D eigenvalue weighted by Gasteiger charge is -2.36. The molecule has 2 aromatic rings. The maximum absolute atomic E-state index is 15.1. The van der Waals surface area contributed by atoms with Gasteiger partial charge in [0.05, 0.1) is 23.6 Å². The van der Waals surface area contributed by atoms with Crippen LogP contribution in [0.15, 0.2) is 23.7 Å². The average molecular weight is 419 g/mol. The number of ether oxygens (including phenoxy) is 1. The molecule has 7 nitrogen and oxygen atoms in total. The second kappa shape index (κ2) is 7.81. The van der Waals surface area contributed by atoms with E-state index in [2.05, 4.69) is 9.69 Å². The lowest BCUT2D eigenvalue weighted by atomic mass is 9.91. The van der Waals surface area contributed by atoms with Crippen LogP contribution in [0.1, 0.15) is 46.0 Å². The normalized spacial score (nSPS) is 19.5. The summed E-state index contributed by atoms with van der Waals surface area (Å²) >= 11 is 1.19. The fourth-order valence-corrected chi connectivity index (χ4v) is 4.37. The summed E-state index contributed by atoms with van der Waals surface area (Å²) in [4.78, 5) is 25.9. The molecule has 0 bridgehead atoms. The van der Waals surface area contributed by atoms with Crippen LogP contribution in [0.25, 0.3) is 0 Å². The van der Waals surface area contributed by atoms with Crippen molar-refractivity contribution in [2.75, 3.05) is 25.0 Å². The van der Waals surface area contributed by atoms with Gasteiger partial charge in [0.1, 0.15) is 6.61 Å². The van der Waals surface area contributed by atoms with Crippen LogP contribution in [-0.2, 0) is 16.1 Å². The number of hydrogen-bond acceptors (Lipinski definition) is 7. The molecule has 0 aliphatic carbocycles. The topological polar surface area (TPSA) is 91.8 Å². The van der Waals surface area contributed by atoms with E-state index in [0.717, 1.165) is 16.7 Å². The first-order chi connectivity index (χ1) is 13.9. The van der Waals surface area contributed by atoms with Gasteiger partial charge in [0.25, 0.3) is 5.91 Å². The van der Waals surface area contributed by atoms with Crippen molar-refractivity contribution >= 4 is 29.1 Å². The number of aromatic nitrogens is 1. The largest absolute Gasteiger partial charge is 0.457 e. The summed E-state index contributed by atoms with van der Waals surface area (Å²) in [6.45, 7) is 3.17. The quantitative estimate of drug-likeness (QED) is 0.724. The maximum atomic E-state index is 15.1. The van der Waals surface area contributed by atoms with Crippen molar-refractivity contribution in [1.82, 2.24) is 9.27 Å². The van der Waals surface area contributed by atoms with Gasteiger partial charge in [-0.15, -0.1) is 0 Å². The maximum Gasteiger partial charge on any atom is 0.338 e. The molecule has 154 valence electrons. The lowest BCUT2D eigenvalue weighted by Crippen LogP contribution is -2.49. The Morgan fingerprint density at radius 1 is 1.45 bits per heavy atom. The Morgan fingerprint density at radius 3 is 2.90 bits per heavy atom. The zero-order chi connectivity index (χ0) is 20.6. The molecule has 1 fully saturated rings. The highest BCUT2D eigenvalue weighted by atomic mass is 32.1. The molecule has 4 rings (SSSR count). The van der Waals surface area contributed by atoms with Gasteiger partial charge in [0, 0.05) is 43.4 Å². The highest BCUT2D eigenvalue weighted by molar-refractivity contribution is 7.04. The number of β-amino-alcohol motifs (C(OH)–C–C–N with tert-alkyl or cyclic N) is 1. The third-order valence-electron chi connectivity index (χ3n) is 5.74. The number of aliphatic hydroxyl groups excluding tert-OH is 1. The van der Waals surface area contributed by atoms with Gasteiger partial charge < -0.3 is 20.1 Å². The number of nitrogens with zero attached hydrogens (tertiary/aromatic N) is 2. The van der Waals surface area contributed by atoms with Crippen molar-refractivity contribution < 1.29 is 23.8 Å². The molecule has 0 saturated carbocycles. The van der Waals surface area contributed by atoms with Gasteiger partial charge in [0.15, 0.2) is 5.67 Å². The third-order valence-corrected chi connectivity index (χ3v) is 6.33. The predicted octanol–water partition coefficient (Wildman–Crippen LogP) is 2.60. The summed E-state index contributed by atoms with van der Waals surface area (Å²) in [5.74, 6) is -0.979. The van der Waals surface area contributed by atoms with Crippen molar-refractivity contribution in [2.45, 2.75) is 38.1 Å². The number of rotatable bonds is 5. The van der Waals surface area contributed by atoms with Gasteiger partial charge in [-0.3, -0.25) is 4.79 Å². The van der Waals surface area contributed by atoms with Gasteiger partial charge >= 0.3 is 5.97 Å². The first-order valence-corrected chi connectivity index (χ1v) is 10.3. The molecular formula is C20H22FN3O4S. The van der Waals surface area contributed by atoms with Crippen molar-refractivity contribution in [3.63, 3.8) is 0 Å². The molecule has 1 atom stereocenters. The zero-order valence-corrected chi connectivity index (χ0v) is 16.8. The molecule has 3 heterocycles. The van der Waals surface area contributed by atoms with E-state index in [4.69, 9.17) is 4.74 Å². The first-order valence-electron chi connectivity index (χ1n) is 9.47. The van der Waals surface area contributed by atoms with E-state index >= 15 is 4.39 Å². The molecule has 1 aromatic heterocycles. The van der Waals surface area contributed by atoms with Crippen LogP contribution >= 0.6 is 11.5 Å². The summed E-state index contributed by atoms with van der Waals surface area (Å²) in [5.41, 5.74) is 1.52. The summed E-state index contributed by atoms with van der Waals surface area (Å²) in [5, 5.41) is 14.9. The number of fused-ring (bicyclic) bond motifs is 1. The smallest absolute Gasteiger partial charge is 0.338 e. The number of halogens is 1. The fourth-order valence-electron chi connectivity index (χ4n) is 3.90. The van der Waals surface area contributed by atoms with Crippen LogP contribution in [0.5, 0.6) is 0 Å². The molecule has 0 radical (unpaired) electrons. The van der Waals surface area contributed by atoms with Crippen LogP contribution < -0.4 is 5.32 Å². The Bertz CT molecular complexity index is 926. The predicted molar refractivity (Wildman–Crippen MR) is 106 cm³/mol. The number of carbonyl (C=O) groups excluding carboxylic acids is 2. The lowest BCUT2D eigenvalue weighted by molar-refractivity contribution is -0.130. The number of anilines is 1. The van der Waals surface area contributed by atoms with E-state index in [1.54, 1.807) is 17.5 Å². The Balaban J connectivity index is 1.36. The Morgan fingerprint density at radius 2 is 2.21 bits per heavy atom. The van der Waals surface area contributed by atoms with Crippen LogP contribution in [-0.4, -0.2) is 51.6 Å². The molecule has 0 unspecified atom stereocenters. The minimum atomic E-state index is -1.93. The number of alkyl halides is 1. The number of cyclic esters (lactones) is 1. The van der Waals surface area contributed by atoms with Gasteiger partial charge in [-0.25, -0.2) is 9.18 Å². The number of aliphatic hydroxyl groups is 1. The number of esters is 1. The molecule has 1 aromatic carbocycles. The number of hydrogen-bond donors (Lipinski definition) is 2. The average Bonchev–Trinajstić information content (AvgIpc) is 3.34. The summed E-state index contributed by atoms with van der Waals surface area (Å²) < 4.78 is 24.0. The van der Waals surface area contributed by atoms with Crippen molar-refractivity contribution in [2.24, 2.45) is 0 Å². The molecule has 0 spiro atoms. The van der Waals surface area contributed by atoms with E-state index in [1.807, 2.05) is 11.8 Å². The van der Waals surface area contributed by atoms with Crippen LogP contribution in [0.4, 0.5) is 10.1 Å². The molecule has 2 N–H and O–H groups in total. The minimum absolute atomic E-state index is 0.0641. The van der Waals surface area contributed by atoms with Gasteiger partial charge in [-0.2, -0.15) is 4.37 Å². The molecule has 2 aliphatic rings. The van der Waals surface area contributed by atoms with Crippen LogP contribution in [0.2, 0.25) is 0 Å². The fraction of sp³-hybridized carbons (Fsp3) is 0.450. The van der Waals surface area contributed by atoms with Crippen LogP contribution in [0.3, 0.4) is 0 Å². The van der Waals surface area contributed by atoms with Crippen molar-refractivity contribution in [3.05, 3.63) is 46.0 Å². The third kappa shape index (κ3) is 3.90. The highest BCUT2D eigenvalue weighted by Gasteiger charge is 2.42. The van der Waals surface area contributed by atoms with Crippen molar-refractivity contribution in [1.29, 1.82) is 0 Å². The highest BCUT2D eigenvalue weighted by Crippen LogP contribution is 2.32. The van der Waals surface area contributed by atoms with Gasteiger partial charge in [-0.1, -0.05) is 6.07 Å². The first kappa shape index (κ1) is 19.9. The second-order valence-electron chi connectivity index (χ2n) is 7.53. The minimum Gasteiger partial charge on any atom is -0.457 e. The van der Waals surface area contributed by atoms with E-state index in [0.29, 0.717) is 30.9 Å². The monoisotopic (exact) mass is 419 g/mol. The molecular weight excluding hydrogens is 397 g/mol. The number of amides is 1. The van der Waals surface area contributed by atoms with Gasteiger partial charge in [-0.05, 0) is 35.6 Å². The molecule has 2 aliphatic heterocycles. The number of likely N-dealkylation sites (tertiary alicyclic amines) is 1. The van der Waals surface area contributed by atoms with Crippen molar-refractivity contribution in [3.8, 4) is 0 Å².